The van der Waals surface area contributed by atoms with E-state index < -0.39 is 0 Å². The lowest BCUT2D eigenvalue weighted by atomic mass is 10.2. The Balaban J connectivity index is 1.42. The van der Waals surface area contributed by atoms with Crippen LogP contribution in [0.5, 0.6) is 0 Å². The lowest BCUT2D eigenvalue weighted by Crippen LogP contribution is -2.56. The van der Waals surface area contributed by atoms with Crippen LogP contribution in [0.1, 0.15) is 33.1 Å². The van der Waals surface area contributed by atoms with Crippen LogP contribution in [0.25, 0.3) is 0 Å². The lowest BCUT2D eigenvalue weighted by molar-refractivity contribution is -0.118. The van der Waals surface area contributed by atoms with E-state index in [9.17, 15) is 9.59 Å². The van der Waals surface area contributed by atoms with Gasteiger partial charge in [0.05, 0.1) is 19.0 Å². The number of amides is 3. The fourth-order valence-electron chi connectivity index (χ4n) is 4.09. The molecule has 12 heteroatoms. The Kier molecular flexibility index (Phi) is 11.6. The van der Waals surface area contributed by atoms with E-state index >= 15 is 0 Å². The van der Waals surface area contributed by atoms with Crippen molar-refractivity contribution in [3.63, 3.8) is 0 Å². The number of hydrogen-bond donors (Lipinski definition) is 2. The number of carbonyl (C=O) groups is 2. The minimum Gasteiger partial charge on any atom is -0.379 e. The van der Waals surface area contributed by atoms with Crippen LogP contribution in [0.15, 0.2) is 11.2 Å². The Morgan fingerprint density at radius 2 is 1.91 bits per heavy atom. The minimum absolute atomic E-state index is 0.0153. The maximum absolute atomic E-state index is 12.5. The highest BCUT2D eigenvalue weighted by Crippen LogP contribution is 2.24. The van der Waals surface area contributed by atoms with Crippen LogP contribution < -0.4 is 15.5 Å². The molecule has 3 heterocycles. The molecule has 2 N–H and O–H groups in total. The number of urea groups is 1. The number of anilines is 1. The third kappa shape index (κ3) is 9.29. The van der Waals surface area contributed by atoms with Gasteiger partial charge in [-0.3, -0.25) is 9.69 Å². The second kappa shape index (κ2) is 14.7. The van der Waals surface area contributed by atoms with Gasteiger partial charge in [-0.2, -0.15) is 0 Å². The lowest BCUT2D eigenvalue weighted by Gasteiger charge is -2.40. The summed E-state index contributed by atoms with van der Waals surface area (Å²) < 4.78 is 5.35. The van der Waals surface area contributed by atoms with Gasteiger partial charge >= 0.3 is 6.03 Å². The molecule has 0 aliphatic carbocycles. The smallest absolute Gasteiger partial charge is 0.317 e. The third-order valence-electron chi connectivity index (χ3n) is 6.09. The molecule has 0 saturated carbocycles. The van der Waals surface area contributed by atoms with E-state index in [2.05, 4.69) is 37.3 Å². The highest BCUT2D eigenvalue weighted by Gasteiger charge is 2.28. The predicted octanol–water partition coefficient (Wildman–Crippen LogP) is 2.08. The van der Waals surface area contributed by atoms with Gasteiger partial charge < -0.3 is 25.2 Å². The predicted molar refractivity (Wildman–Crippen MR) is 139 cm³/mol. The summed E-state index contributed by atoms with van der Waals surface area (Å²) in [6.07, 6.45) is 2.94. The summed E-state index contributed by atoms with van der Waals surface area (Å²) in [4.78, 5) is 40.0. The first-order valence-corrected chi connectivity index (χ1v) is 13.9. The van der Waals surface area contributed by atoms with Gasteiger partial charge in [0.25, 0.3) is 0 Å². The van der Waals surface area contributed by atoms with Crippen LogP contribution in [-0.2, 0) is 9.53 Å². The van der Waals surface area contributed by atoms with Gasteiger partial charge in [0.1, 0.15) is 11.0 Å². The molecule has 1 aromatic rings. The summed E-state index contributed by atoms with van der Waals surface area (Å²) in [6.45, 7) is 11.9. The normalized spacial score (nSPS) is 19.0. The van der Waals surface area contributed by atoms with E-state index in [-0.39, 0.29) is 23.7 Å². The first kappa shape index (κ1) is 27.8. The number of morpholine rings is 1. The Hall–Kier alpha value is -1.82. The summed E-state index contributed by atoms with van der Waals surface area (Å²) in [6, 6.07) is 1.76. The van der Waals surface area contributed by atoms with Crippen LogP contribution in [0.3, 0.4) is 0 Å². The number of nitrogens with one attached hydrogen (secondary N) is 2. The molecule has 2 aliphatic rings. The molecule has 2 fully saturated rings. The fourth-order valence-corrected chi connectivity index (χ4v) is 5.00. The van der Waals surface area contributed by atoms with E-state index in [1.165, 1.54) is 11.8 Å². The van der Waals surface area contributed by atoms with Crippen LogP contribution in [0.2, 0.25) is 5.15 Å². The zero-order valence-electron chi connectivity index (χ0n) is 20.8. The van der Waals surface area contributed by atoms with Crippen molar-refractivity contribution in [2.45, 2.75) is 44.3 Å². The van der Waals surface area contributed by atoms with Gasteiger partial charge in [0.2, 0.25) is 5.91 Å². The van der Waals surface area contributed by atoms with Crippen molar-refractivity contribution in [1.29, 1.82) is 0 Å². The number of thioether (sulfide) groups is 1. The molecule has 0 radical (unpaired) electrons. The average molecular weight is 528 g/mol. The molecule has 2 aliphatic heterocycles. The summed E-state index contributed by atoms with van der Waals surface area (Å²) in [5.41, 5.74) is 0. The van der Waals surface area contributed by atoms with Crippen molar-refractivity contribution in [3.05, 3.63) is 11.2 Å². The van der Waals surface area contributed by atoms with Crippen molar-refractivity contribution in [1.82, 2.24) is 30.4 Å². The van der Waals surface area contributed by atoms with Gasteiger partial charge in [-0.25, -0.2) is 14.8 Å². The van der Waals surface area contributed by atoms with Gasteiger partial charge in [-0.1, -0.05) is 36.7 Å². The van der Waals surface area contributed by atoms with Crippen molar-refractivity contribution in [3.8, 4) is 0 Å². The molecule has 35 heavy (non-hydrogen) atoms. The average Bonchev–Trinajstić information content (AvgIpc) is 2.85. The molecule has 1 atom stereocenters. The van der Waals surface area contributed by atoms with Gasteiger partial charge in [-0.15, -0.1) is 0 Å². The van der Waals surface area contributed by atoms with Crippen molar-refractivity contribution in [2.75, 3.05) is 76.2 Å². The number of nitrogens with zero attached hydrogens (tertiary/aromatic N) is 5. The Labute approximate surface area is 217 Å². The summed E-state index contributed by atoms with van der Waals surface area (Å²) in [5, 5.41) is 6.77. The third-order valence-corrected chi connectivity index (χ3v) is 7.13. The van der Waals surface area contributed by atoms with Crippen LogP contribution in [0.4, 0.5) is 10.6 Å². The van der Waals surface area contributed by atoms with Crippen LogP contribution in [0, 0.1) is 0 Å². The molecule has 1 unspecified atom stereocenters. The number of carbonyl (C=O) groups excluding carboxylic acids is 2. The molecule has 3 amide bonds. The number of hydrogen-bond acceptors (Lipinski definition) is 8. The summed E-state index contributed by atoms with van der Waals surface area (Å²) in [5.74, 6) is 0.911. The minimum atomic E-state index is -0.0431. The van der Waals surface area contributed by atoms with Gasteiger partial charge in [0, 0.05) is 57.9 Å². The molecule has 196 valence electrons. The summed E-state index contributed by atoms with van der Waals surface area (Å²) in [7, 11) is 0. The number of halogens is 1. The van der Waals surface area contributed by atoms with Crippen molar-refractivity contribution < 1.29 is 14.3 Å². The molecule has 3 rings (SSSR count). The first-order chi connectivity index (χ1) is 17.0. The molecular weight excluding hydrogens is 490 g/mol. The molecule has 10 nitrogen and oxygen atoms in total. The molecule has 1 aromatic heterocycles. The molecular formula is C23H38ClN7O3S. The number of aromatic nitrogens is 2. The van der Waals surface area contributed by atoms with E-state index in [1.807, 2.05) is 11.8 Å². The quantitative estimate of drug-likeness (QED) is 0.195. The van der Waals surface area contributed by atoms with E-state index in [4.69, 9.17) is 16.3 Å². The maximum atomic E-state index is 12.5. The fraction of sp³-hybridized carbons (Fsp3) is 0.739. The molecule has 2 saturated heterocycles. The topological polar surface area (TPSA) is 103 Å². The zero-order chi connectivity index (χ0) is 25.0. The molecule has 0 spiro atoms. The van der Waals surface area contributed by atoms with Gasteiger partial charge in [0.15, 0.2) is 5.16 Å². The standard InChI is InChI=1S/C23H38ClN7O3S/c1-3-4-6-26-23(33)31-10-9-30(16-18(31)2)20-15-19(24)27-22(28-20)35-17-21(32)25-7-5-8-29-11-13-34-14-12-29/h15,18H,3-14,16-17H2,1-2H3,(H,25,32)(H,26,33). The second-order valence-corrected chi connectivity index (χ2v) is 10.2. The van der Waals surface area contributed by atoms with Crippen molar-refractivity contribution >= 4 is 41.1 Å². The highest BCUT2D eigenvalue weighted by molar-refractivity contribution is 7.99. The van der Waals surface area contributed by atoms with Crippen molar-refractivity contribution in [2.24, 2.45) is 0 Å². The van der Waals surface area contributed by atoms with Crippen LogP contribution in [-0.4, -0.2) is 109 Å². The van der Waals surface area contributed by atoms with E-state index in [0.717, 1.165) is 57.9 Å². The second-order valence-electron chi connectivity index (χ2n) is 8.85. The molecule has 0 aromatic carbocycles. The Bertz CT molecular complexity index is 828. The van der Waals surface area contributed by atoms with E-state index in [1.54, 1.807) is 6.07 Å². The van der Waals surface area contributed by atoms with Gasteiger partial charge in [-0.05, 0) is 26.3 Å². The monoisotopic (exact) mass is 527 g/mol. The number of unbranched alkanes of at least 4 members (excludes halogenated alkanes) is 1. The SMILES string of the molecule is CCCCNC(=O)N1CCN(c2cc(Cl)nc(SCC(=O)NCCCN3CCOCC3)n2)CC1C. The van der Waals surface area contributed by atoms with E-state index in [0.29, 0.717) is 43.0 Å². The highest BCUT2D eigenvalue weighted by atomic mass is 35.5. The molecule has 0 bridgehead atoms. The largest absolute Gasteiger partial charge is 0.379 e. The maximum Gasteiger partial charge on any atom is 0.317 e. The number of rotatable bonds is 11. The number of ether oxygens (including phenoxy) is 1. The summed E-state index contributed by atoms with van der Waals surface area (Å²) >= 11 is 7.54. The number of piperazine rings is 1. The Morgan fingerprint density at radius 3 is 2.66 bits per heavy atom. The zero-order valence-corrected chi connectivity index (χ0v) is 22.4. The van der Waals surface area contributed by atoms with Crippen LogP contribution >= 0.6 is 23.4 Å². The Morgan fingerprint density at radius 1 is 1.14 bits per heavy atom. The first-order valence-electron chi connectivity index (χ1n) is 12.5.